The lowest BCUT2D eigenvalue weighted by Gasteiger charge is -2.12. The molecule has 0 atom stereocenters. The Kier molecular flexibility index (Phi) is 3.86. The van der Waals surface area contributed by atoms with Gasteiger partial charge >= 0.3 is 0 Å². The Bertz CT molecular complexity index is 933. The first-order valence-electron chi connectivity index (χ1n) is 7.94. The van der Waals surface area contributed by atoms with Crippen LogP contribution in [0.5, 0.6) is 0 Å². The Hall–Kier alpha value is -3.26. The molecule has 2 nitrogen and oxygen atoms in total. The van der Waals surface area contributed by atoms with Crippen LogP contribution in [-0.2, 0) is 0 Å². The summed E-state index contributed by atoms with van der Waals surface area (Å²) in [4.78, 5) is 9.07. The molecule has 0 radical (unpaired) electrons. The van der Waals surface area contributed by atoms with Crippen LogP contribution >= 0.6 is 0 Å². The predicted molar refractivity (Wildman–Crippen MR) is 98.3 cm³/mol. The zero-order chi connectivity index (χ0) is 16.2. The molecule has 2 aromatic heterocycles. The van der Waals surface area contributed by atoms with Crippen molar-refractivity contribution in [2.75, 3.05) is 0 Å². The topological polar surface area (TPSA) is 25.8 Å². The zero-order valence-electron chi connectivity index (χ0n) is 13.1. The van der Waals surface area contributed by atoms with Gasteiger partial charge in [0.15, 0.2) is 0 Å². The first-order valence-corrected chi connectivity index (χ1v) is 7.94. The van der Waals surface area contributed by atoms with E-state index < -0.39 is 0 Å². The minimum absolute atomic E-state index is 0.883. The lowest BCUT2D eigenvalue weighted by atomic mass is 9.95. The van der Waals surface area contributed by atoms with Gasteiger partial charge in [0.05, 0.1) is 11.4 Å². The third-order valence-corrected chi connectivity index (χ3v) is 4.00. The van der Waals surface area contributed by atoms with Crippen molar-refractivity contribution in [2.24, 2.45) is 0 Å². The summed E-state index contributed by atoms with van der Waals surface area (Å²) in [6.45, 7) is 0. The van der Waals surface area contributed by atoms with Crippen LogP contribution in [0.1, 0.15) is 0 Å². The van der Waals surface area contributed by atoms with Crippen LogP contribution in [0, 0.1) is 0 Å². The summed E-state index contributed by atoms with van der Waals surface area (Å²) in [5, 5.41) is 0. The summed E-state index contributed by atoms with van der Waals surface area (Å²) < 4.78 is 0. The molecular weight excluding hydrogens is 292 g/mol. The largest absolute Gasteiger partial charge is 0.255 e. The number of hydrogen-bond acceptors (Lipinski definition) is 2. The number of benzene rings is 2. The van der Waals surface area contributed by atoms with Crippen molar-refractivity contribution < 1.29 is 0 Å². The molecule has 0 N–H and O–H groups in total. The number of aromatic nitrogens is 2. The van der Waals surface area contributed by atoms with E-state index in [1.54, 1.807) is 6.20 Å². The Morgan fingerprint density at radius 3 is 1.75 bits per heavy atom. The van der Waals surface area contributed by atoms with Crippen molar-refractivity contribution in [1.82, 2.24) is 9.97 Å². The van der Waals surface area contributed by atoms with Crippen molar-refractivity contribution in [1.29, 1.82) is 0 Å². The summed E-state index contributed by atoms with van der Waals surface area (Å²) in [6.07, 6.45) is 3.74. The molecule has 0 saturated heterocycles. The molecular formula is C22H16N2. The maximum Gasteiger partial charge on any atom is 0.0892 e. The van der Waals surface area contributed by atoms with E-state index in [0.717, 1.165) is 28.1 Å². The van der Waals surface area contributed by atoms with Crippen molar-refractivity contribution in [3.63, 3.8) is 0 Å². The fourth-order valence-corrected chi connectivity index (χ4v) is 2.81. The second-order valence-electron chi connectivity index (χ2n) is 5.56. The summed E-state index contributed by atoms with van der Waals surface area (Å²) in [7, 11) is 0. The SMILES string of the molecule is c1ccc(-c2cnc(-c3ccccn3)cc2-c2ccccc2)cc1. The lowest BCUT2D eigenvalue weighted by molar-refractivity contribution is 1.25. The standard InChI is InChI=1S/C22H16N2/c1-3-9-17(10-4-1)19-15-22(21-13-7-8-14-23-21)24-16-20(19)18-11-5-2-6-12-18/h1-16H. The molecule has 0 saturated carbocycles. The van der Waals surface area contributed by atoms with Crippen LogP contribution in [0.3, 0.4) is 0 Å². The molecule has 4 aromatic rings. The third-order valence-electron chi connectivity index (χ3n) is 4.00. The number of hydrogen-bond donors (Lipinski definition) is 0. The fraction of sp³-hybridized carbons (Fsp3) is 0. The molecule has 24 heavy (non-hydrogen) atoms. The Balaban J connectivity index is 1.92. The van der Waals surface area contributed by atoms with E-state index in [-0.39, 0.29) is 0 Å². The summed E-state index contributed by atoms with van der Waals surface area (Å²) in [6, 6.07) is 28.8. The maximum absolute atomic E-state index is 4.65. The molecule has 0 aliphatic rings. The Morgan fingerprint density at radius 2 is 1.12 bits per heavy atom. The van der Waals surface area contributed by atoms with Gasteiger partial charge in [-0.2, -0.15) is 0 Å². The highest BCUT2D eigenvalue weighted by molar-refractivity contribution is 5.85. The average molecular weight is 308 g/mol. The van der Waals surface area contributed by atoms with Gasteiger partial charge in [-0.1, -0.05) is 66.7 Å². The second-order valence-corrected chi connectivity index (χ2v) is 5.56. The average Bonchev–Trinajstić information content (AvgIpc) is 2.69. The minimum Gasteiger partial charge on any atom is -0.255 e. The van der Waals surface area contributed by atoms with Gasteiger partial charge in [0.25, 0.3) is 0 Å². The zero-order valence-corrected chi connectivity index (χ0v) is 13.1. The molecule has 0 aliphatic heterocycles. The van der Waals surface area contributed by atoms with Crippen molar-refractivity contribution >= 4 is 0 Å². The lowest BCUT2D eigenvalue weighted by Crippen LogP contribution is -1.92. The number of nitrogens with zero attached hydrogens (tertiary/aromatic N) is 2. The summed E-state index contributed by atoms with van der Waals surface area (Å²) >= 11 is 0. The van der Waals surface area contributed by atoms with Crippen molar-refractivity contribution in [3.8, 4) is 33.6 Å². The van der Waals surface area contributed by atoms with E-state index in [1.165, 1.54) is 5.56 Å². The molecule has 114 valence electrons. The highest BCUT2D eigenvalue weighted by Gasteiger charge is 2.11. The highest BCUT2D eigenvalue weighted by atomic mass is 14.8. The van der Waals surface area contributed by atoms with Gasteiger partial charge in [-0.25, -0.2) is 0 Å². The van der Waals surface area contributed by atoms with Crippen LogP contribution in [0.4, 0.5) is 0 Å². The Labute approximate surface area is 141 Å². The number of rotatable bonds is 3. The first kappa shape index (κ1) is 14.3. The van der Waals surface area contributed by atoms with Crippen molar-refractivity contribution in [2.45, 2.75) is 0 Å². The van der Waals surface area contributed by atoms with Crippen LogP contribution in [0.2, 0.25) is 0 Å². The molecule has 0 spiro atoms. The molecule has 0 amide bonds. The van der Waals surface area contributed by atoms with E-state index >= 15 is 0 Å². The molecule has 0 bridgehead atoms. The molecule has 2 heterocycles. The van der Waals surface area contributed by atoms with E-state index in [9.17, 15) is 0 Å². The van der Waals surface area contributed by atoms with E-state index in [0.29, 0.717) is 0 Å². The highest BCUT2D eigenvalue weighted by Crippen LogP contribution is 2.33. The smallest absolute Gasteiger partial charge is 0.0892 e. The monoisotopic (exact) mass is 308 g/mol. The quantitative estimate of drug-likeness (QED) is 0.501. The van der Waals surface area contributed by atoms with Crippen molar-refractivity contribution in [3.05, 3.63) is 97.3 Å². The van der Waals surface area contributed by atoms with Gasteiger partial charge in [-0.15, -0.1) is 0 Å². The van der Waals surface area contributed by atoms with Crippen LogP contribution in [0.25, 0.3) is 33.6 Å². The van der Waals surface area contributed by atoms with Crippen LogP contribution in [0.15, 0.2) is 97.3 Å². The summed E-state index contributed by atoms with van der Waals surface area (Å²) in [5.74, 6) is 0. The third kappa shape index (κ3) is 2.82. The van der Waals surface area contributed by atoms with E-state index in [1.807, 2.05) is 36.5 Å². The molecule has 2 aromatic carbocycles. The molecule has 0 unspecified atom stereocenters. The second kappa shape index (κ2) is 6.47. The van der Waals surface area contributed by atoms with Gasteiger partial charge in [-0.05, 0) is 34.9 Å². The van der Waals surface area contributed by atoms with Gasteiger partial charge < -0.3 is 0 Å². The summed E-state index contributed by atoms with van der Waals surface area (Å²) in [5.41, 5.74) is 6.40. The molecule has 0 aliphatic carbocycles. The molecule has 2 heteroatoms. The van der Waals surface area contributed by atoms with Crippen LogP contribution < -0.4 is 0 Å². The minimum atomic E-state index is 0.883. The van der Waals surface area contributed by atoms with Gasteiger partial charge in [0.2, 0.25) is 0 Å². The predicted octanol–water partition coefficient (Wildman–Crippen LogP) is 5.48. The molecule has 4 rings (SSSR count). The normalized spacial score (nSPS) is 10.5. The maximum atomic E-state index is 4.65. The van der Waals surface area contributed by atoms with Gasteiger partial charge in [0.1, 0.15) is 0 Å². The van der Waals surface area contributed by atoms with Gasteiger partial charge in [-0.3, -0.25) is 9.97 Å². The van der Waals surface area contributed by atoms with Crippen LogP contribution in [-0.4, -0.2) is 9.97 Å². The van der Waals surface area contributed by atoms with E-state index in [4.69, 9.17) is 0 Å². The Morgan fingerprint density at radius 1 is 0.500 bits per heavy atom. The molecule has 0 fully saturated rings. The van der Waals surface area contributed by atoms with Gasteiger partial charge in [0, 0.05) is 18.0 Å². The van der Waals surface area contributed by atoms with E-state index in [2.05, 4.69) is 64.6 Å². The first-order chi connectivity index (χ1) is 11.9. The number of pyridine rings is 2. The fourth-order valence-electron chi connectivity index (χ4n) is 2.81.